The molecule has 204 valence electrons. The summed E-state index contributed by atoms with van der Waals surface area (Å²) >= 11 is 12.2. The number of nitrogens with one attached hydrogen (secondary N) is 1. The smallest absolute Gasteiger partial charge is 0.271 e. The molecule has 6 rings (SSSR count). The molecular formula is C29H19BrClN5O3S2. The third-order valence-corrected chi connectivity index (χ3v) is 9.13. The van der Waals surface area contributed by atoms with E-state index in [4.69, 9.17) is 16.0 Å². The van der Waals surface area contributed by atoms with Gasteiger partial charge in [-0.3, -0.25) is 14.2 Å². The monoisotopic (exact) mass is 663 g/mol. The van der Waals surface area contributed by atoms with Gasteiger partial charge in [-0.2, -0.15) is 0 Å². The summed E-state index contributed by atoms with van der Waals surface area (Å²) < 4.78 is 8.68. The molecule has 1 atom stereocenters. The maximum absolute atomic E-state index is 13.9. The molecule has 0 bridgehead atoms. The highest BCUT2D eigenvalue weighted by Crippen LogP contribution is 2.35. The number of thiazole rings is 1. The molecule has 3 aromatic heterocycles. The average molecular weight is 665 g/mol. The van der Waals surface area contributed by atoms with Crippen molar-refractivity contribution in [2.24, 2.45) is 4.99 Å². The number of hydrogen-bond donors (Lipinski definition) is 1. The van der Waals surface area contributed by atoms with E-state index in [1.54, 1.807) is 66.4 Å². The number of halogens is 2. The molecule has 1 N–H and O–H groups in total. The molecule has 0 spiro atoms. The van der Waals surface area contributed by atoms with Gasteiger partial charge in [0.15, 0.2) is 15.1 Å². The van der Waals surface area contributed by atoms with Crippen molar-refractivity contribution < 1.29 is 9.21 Å². The van der Waals surface area contributed by atoms with Crippen LogP contribution in [0, 0.1) is 0 Å². The summed E-state index contributed by atoms with van der Waals surface area (Å²) in [6, 6.07) is 19.1. The lowest BCUT2D eigenvalue weighted by Gasteiger charge is -2.25. The standard InChI is InChI=1S/C29H19BrClN5O3S2/c1-16-23(25(37)35-19-6-3-2-4-7-19)24(17-8-10-18(31)11-9-17)36-26(38)22(40-29(36)34-16)15-20-14-21(30)27(39-20)41-28-32-12-5-13-33-28/h2-15,24H,1H3,(H,35,37)/b22-15+/t24-/m1/s1. The Morgan fingerprint density at radius 2 is 1.85 bits per heavy atom. The Kier molecular flexibility index (Phi) is 7.76. The molecule has 8 nitrogen and oxygen atoms in total. The lowest BCUT2D eigenvalue weighted by molar-refractivity contribution is -0.113. The predicted molar refractivity (Wildman–Crippen MR) is 163 cm³/mol. The lowest BCUT2D eigenvalue weighted by Crippen LogP contribution is -2.40. The zero-order valence-corrected chi connectivity index (χ0v) is 25.2. The van der Waals surface area contributed by atoms with Gasteiger partial charge in [-0.05, 0) is 76.6 Å². The Morgan fingerprint density at radius 3 is 2.59 bits per heavy atom. The molecule has 1 amide bonds. The first-order chi connectivity index (χ1) is 19.9. The van der Waals surface area contributed by atoms with Crippen molar-refractivity contribution in [2.75, 3.05) is 5.32 Å². The minimum atomic E-state index is -0.709. The van der Waals surface area contributed by atoms with Gasteiger partial charge in [-0.1, -0.05) is 53.3 Å². The van der Waals surface area contributed by atoms with Gasteiger partial charge >= 0.3 is 0 Å². The van der Waals surface area contributed by atoms with Gasteiger partial charge in [0.25, 0.3) is 11.5 Å². The molecule has 1 aliphatic rings. The van der Waals surface area contributed by atoms with E-state index in [0.29, 0.717) is 51.8 Å². The third-order valence-electron chi connectivity index (χ3n) is 6.16. The number of fused-ring (bicyclic) bond motifs is 1. The van der Waals surface area contributed by atoms with Crippen molar-refractivity contribution in [1.29, 1.82) is 0 Å². The molecule has 12 heteroatoms. The van der Waals surface area contributed by atoms with Crippen LogP contribution in [0.25, 0.3) is 6.08 Å². The van der Waals surface area contributed by atoms with Gasteiger partial charge < -0.3 is 9.73 Å². The molecule has 0 saturated carbocycles. The zero-order valence-electron chi connectivity index (χ0n) is 21.2. The van der Waals surface area contributed by atoms with E-state index in [2.05, 4.69) is 36.2 Å². The van der Waals surface area contributed by atoms with E-state index in [1.807, 2.05) is 30.3 Å². The van der Waals surface area contributed by atoms with Crippen molar-refractivity contribution in [1.82, 2.24) is 14.5 Å². The number of carbonyl (C=O) groups is 1. The van der Waals surface area contributed by atoms with Gasteiger partial charge in [-0.15, -0.1) is 0 Å². The highest BCUT2D eigenvalue weighted by Gasteiger charge is 2.32. The Hall–Kier alpha value is -3.77. The molecule has 5 aromatic rings. The van der Waals surface area contributed by atoms with E-state index in [0.717, 1.165) is 5.56 Å². The molecule has 1 aliphatic heterocycles. The van der Waals surface area contributed by atoms with Crippen LogP contribution in [0.2, 0.25) is 5.02 Å². The Labute approximate surface area is 255 Å². The zero-order chi connectivity index (χ0) is 28.5. The van der Waals surface area contributed by atoms with Gasteiger partial charge in [0.1, 0.15) is 5.76 Å². The number of furan rings is 1. The second-order valence-electron chi connectivity index (χ2n) is 8.87. The number of aromatic nitrogens is 3. The van der Waals surface area contributed by atoms with Crippen LogP contribution in [0.15, 0.2) is 119 Å². The molecular weight excluding hydrogens is 646 g/mol. The molecule has 0 fully saturated rings. The summed E-state index contributed by atoms with van der Waals surface area (Å²) in [6.07, 6.45) is 4.98. The first kappa shape index (κ1) is 27.4. The maximum atomic E-state index is 13.9. The molecule has 41 heavy (non-hydrogen) atoms. The fourth-order valence-corrected chi connectivity index (χ4v) is 6.74. The topological polar surface area (TPSA) is 102 Å². The van der Waals surface area contributed by atoms with Crippen LogP contribution in [0.4, 0.5) is 5.69 Å². The van der Waals surface area contributed by atoms with Crippen LogP contribution < -0.4 is 20.2 Å². The second-order valence-corrected chi connectivity index (χ2v) is 12.1. The minimum absolute atomic E-state index is 0.292. The maximum Gasteiger partial charge on any atom is 0.271 e. The first-order valence-corrected chi connectivity index (χ1v) is 15.1. The van der Waals surface area contributed by atoms with Crippen molar-refractivity contribution in [3.63, 3.8) is 0 Å². The molecule has 4 heterocycles. The van der Waals surface area contributed by atoms with Gasteiger partial charge in [-0.25, -0.2) is 15.0 Å². The lowest BCUT2D eigenvalue weighted by atomic mass is 9.95. The second kappa shape index (κ2) is 11.6. The van der Waals surface area contributed by atoms with Crippen molar-refractivity contribution >= 4 is 68.3 Å². The minimum Gasteiger partial charge on any atom is -0.449 e. The summed E-state index contributed by atoms with van der Waals surface area (Å²) in [7, 11) is 0. The number of anilines is 1. The molecule has 0 saturated heterocycles. The highest BCUT2D eigenvalue weighted by atomic mass is 79.9. The molecule has 0 aliphatic carbocycles. The summed E-state index contributed by atoms with van der Waals surface area (Å²) in [4.78, 5) is 41.1. The van der Waals surface area contributed by atoms with Crippen molar-refractivity contribution in [2.45, 2.75) is 23.2 Å². The Balaban J connectivity index is 1.43. The quantitative estimate of drug-likeness (QED) is 0.230. The van der Waals surface area contributed by atoms with E-state index in [1.165, 1.54) is 23.1 Å². The van der Waals surface area contributed by atoms with Crippen LogP contribution in [-0.4, -0.2) is 20.4 Å². The van der Waals surface area contributed by atoms with Crippen LogP contribution in [0.5, 0.6) is 0 Å². The summed E-state index contributed by atoms with van der Waals surface area (Å²) in [6.45, 7) is 1.78. The van der Waals surface area contributed by atoms with Crippen LogP contribution in [-0.2, 0) is 4.79 Å². The number of allylic oxidation sites excluding steroid dienone is 1. The SMILES string of the molecule is CC1=C(C(=O)Nc2ccccc2)[C@@H](c2ccc(Cl)cc2)n2c(s/c(=C/c3cc(Br)c(Sc4ncccn4)o3)c2=O)=N1. The molecule has 0 radical (unpaired) electrons. The Morgan fingerprint density at radius 1 is 1.12 bits per heavy atom. The number of para-hydroxylation sites is 1. The first-order valence-electron chi connectivity index (χ1n) is 12.3. The number of hydrogen-bond acceptors (Lipinski definition) is 8. The van der Waals surface area contributed by atoms with Gasteiger partial charge in [0.05, 0.1) is 26.3 Å². The number of rotatable bonds is 6. The number of carbonyl (C=O) groups excluding carboxylic acids is 1. The molecule has 0 unspecified atom stereocenters. The largest absolute Gasteiger partial charge is 0.449 e. The van der Waals surface area contributed by atoms with Crippen molar-refractivity contribution in [3.8, 4) is 0 Å². The predicted octanol–water partition coefficient (Wildman–Crippen LogP) is 5.82. The third kappa shape index (κ3) is 5.71. The van der Waals surface area contributed by atoms with Crippen LogP contribution >= 0.6 is 50.6 Å². The Bertz CT molecular complexity index is 1970. The fourth-order valence-electron chi connectivity index (χ4n) is 4.35. The van der Waals surface area contributed by atoms with Gasteiger partial charge in [0.2, 0.25) is 0 Å². The number of nitrogens with zero attached hydrogens (tertiary/aromatic N) is 4. The fraction of sp³-hybridized carbons (Fsp3) is 0.0690. The summed E-state index contributed by atoms with van der Waals surface area (Å²) in [5.74, 6) is 0.132. The summed E-state index contributed by atoms with van der Waals surface area (Å²) in [5.41, 5.74) is 1.98. The van der Waals surface area contributed by atoms with E-state index >= 15 is 0 Å². The van der Waals surface area contributed by atoms with Crippen LogP contribution in [0.3, 0.4) is 0 Å². The van der Waals surface area contributed by atoms with Crippen molar-refractivity contribution in [3.05, 3.63) is 131 Å². The number of benzene rings is 2. The van der Waals surface area contributed by atoms with E-state index in [9.17, 15) is 9.59 Å². The normalized spacial score (nSPS) is 15.0. The molecule has 2 aromatic carbocycles. The van der Waals surface area contributed by atoms with E-state index < -0.39 is 6.04 Å². The summed E-state index contributed by atoms with van der Waals surface area (Å²) in [5, 5.41) is 4.59. The number of amides is 1. The average Bonchev–Trinajstić information content (AvgIpc) is 3.46. The highest BCUT2D eigenvalue weighted by molar-refractivity contribution is 9.10. The van der Waals surface area contributed by atoms with Crippen LogP contribution in [0.1, 0.15) is 24.3 Å². The van der Waals surface area contributed by atoms with Gasteiger partial charge in [0, 0.05) is 29.2 Å². The van der Waals surface area contributed by atoms with E-state index in [-0.39, 0.29) is 11.5 Å².